The van der Waals surface area contributed by atoms with Crippen molar-refractivity contribution in [3.8, 4) is 0 Å². The second-order valence-corrected chi connectivity index (χ2v) is 6.21. The zero-order valence-electron chi connectivity index (χ0n) is 10.0. The van der Waals surface area contributed by atoms with E-state index >= 15 is 0 Å². The third-order valence-electron chi connectivity index (χ3n) is 3.19. The van der Waals surface area contributed by atoms with Crippen LogP contribution in [-0.4, -0.2) is 19.6 Å². The molecular formula is C12H20Cl2N2S. The number of nitrogens with one attached hydrogen (secondary N) is 2. The number of hydrogen-bond acceptors (Lipinski definition) is 3. The van der Waals surface area contributed by atoms with E-state index in [1.165, 1.54) is 30.8 Å². The molecule has 0 bridgehead atoms. The minimum absolute atomic E-state index is 0. The number of thiophene rings is 1. The summed E-state index contributed by atoms with van der Waals surface area (Å²) in [6, 6.07) is 4.52. The second kappa shape index (κ2) is 7.59. The van der Waals surface area contributed by atoms with Crippen molar-refractivity contribution in [2.75, 3.05) is 19.6 Å². The van der Waals surface area contributed by atoms with Crippen molar-refractivity contribution in [3.05, 3.63) is 21.3 Å². The summed E-state index contributed by atoms with van der Waals surface area (Å²) in [6.45, 7) is 5.68. The minimum atomic E-state index is 0. The zero-order chi connectivity index (χ0) is 11.4. The van der Waals surface area contributed by atoms with Crippen molar-refractivity contribution in [2.45, 2.75) is 25.8 Å². The Morgan fingerprint density at radius 1 is 1.47 bits per heavy atom. The largest absolute Gasteiger partial charge is 0.317 e. The molecule has 0 spiro atoms. The van der Waals surface area contributed by atoms with E-state index in [2.05, 4.69) is 23.6 Å². The summed E-state index contributed by atoms with van der Waals surface area (Å²) in [6.07, 6.45) is 2.59. The van der Waals surface area contributed by atoms with Crippen molar-refractivity contribution in [1.82, 2.24) is 10.6 Å². The van der Waals surface area contributed by atoms with Gasteiger partial charge < -0.3 is 10.6 Å². The first-order chi connectivity index (χ1) is 7.75. The molecule has 1 unspecified atom stereocenters. The van der Waals surface area contributed by atoms with E-state index in [9.17, 15) is 0 Å². The van der Waals surface area contributed by atoms with Crippen LogP contribution in [0.3, 0.4) is 0 Å². The van der Waals surface area contributed by atoms with Gasteiger partial charge in [0.25, 0.3) is 0 Å². The van der Waals surface area contributed by atoms with Crippen molar-refractivity contribution >= 4 is 35.3 Å². The van der Waals surface area contributed by atoms with Gasteiger partial charge in [0.15, 0.2) is 0 Å². The zero-order valence-corrected chi connectivity index (χ0v) is 12.4. The Morgan fingerprint density at radius 3 is 2.76 bits per heavy atom. The van der Waals surface area contributed by atoms with Crippen LogP contribution in [0.15, 0.2) is 12.1 Å². The van der Waals surface area contributed by atoms with Crippen molar-refractivity contribution in [1.29, 1.82) is 0 Å². The third-order valence-corrected chi connectivity index (χ3v) is 4.61. The monoisotopic (exact) mass is 294 g/mol. The number of hydrogen-bond donors (Lipinski definition) is 2. The van der Waals surface area contributed by atoms with Crippen LogP contribution in [-0.2, 0) is 0 Å². The Morgan fingerprint density at radius 2 is 2.18 bits per heavy atom. The summed E-state index contributed by atoms with van der Waals surface area (Å²) in [5, 5.41) is 7.00. The molecule has 1 aromatic heterocycles. The number of rotatable bonds is 4. The molecule has 1 saturated heterocycles. The summed E-state index contributed by atoms with van der Waals surface area (Å²) in [7, 11) is 0. The molecule has 1 atom stereocenters. The van der Waals surface area contributed by atoms with Crippen LogP contribution in [0, 0.1) is 5.92 Å². The maximum Gasteiger partial charge on any atom is 0.0931 e. The Bertz CT molecular complexity index is 324. The highest BCUT2D eigenvalue weighted by Gasteiger charge is 2.14. The summed E-state index contributed by atoms with van der Waals surface area (Å²) in [4.78, 5) is 1.33. The molecule has 17 heavy (non-hydrogen) atoms. The molecule has 0 amide bonds. The molecule has 1 aliphatic heterocycles. The average Bonchev–Trinajstić information content (AvgIpc) is 2.74. The summed E-state index contributed by atoms with van der Waals surface area (Å²) in [5.74, 6) is 0.833. The molecule has 0 radical (unpaired) electrons. The van der Waals surface area contributed by atoms with Gasteiger partial charge >= 0.3 is 0 Å². The van der Waals surface area contributed by atoms with Gasteiger partial charge in [0.05, 0.1) is 4.34 Å². The van der Waals surface area contributed by atoms with Gasteiger partial charge in [-0.25, -0.2) is 0 Å². The maximum absolute atomic E-state index is 5.94. The highest BCUT2D eigenvalue weighted by molar-refractivity contribution is 7.16. The number of halogens is 2. The molecule has 1 fully saturated rings. The smallest absolute Gasteiger partial charge is 0.0931 e. The molecule has 0 aromatic carbocycles. The fraction of sp³-hybridized carbons (Fsp3) is 0.667. The highest BCUT2D eigenvalue weighted by atomic mass is 35.5. The number of piperidine rings is 1. The normalized spacial score (nSPS) is 18.7. The molecule has 0 aliphatic carbocycles. The van der Waals surface area contributed by atoms with Gasteiger partial charge in [-0.15, -0.1) is 23.7 Å². The van der Waals surface area contributed by atoms with E-state index in [1.54, 1.807) is 11.3 Å². The van der Waals surface area contributed by atoms with Crippen LogP contribution in [0.1, 0.15) is 30.7 Å². The maximum atomic E-state index is 5.94. The molecule has 5 heteroatoms. The Balaban J connectivity index is 0.00000144. The lowest BCUT2D eigenvalue weighted by atomic mass is 9.98. The minimum Gasteiger partial charge on any atom is -0.317 e. The van der Waals surface area contributed by atoms with Crippen LogP contribution in [0.25, 0.3) is 0 Å². The van der Waals surface area contributed by atoms with Crippen molar-refractivity contribution in [3.63, 3.8) is 0 Å². The van der Waals surface area contributed by atoms with E-state index in [4.69, 9.17) is 11.6 Å². The van der Waals surface area contributed by atoms with Gasteiger partial charge in [0.1, 0.15) is 0 Å². The first-order valence-electron chi connectivity index (χ1n) is 5.95. The van der Waals surface area contributed by atoms with E-state index in [1.807, 2.05) is 6.07 Å². The molecular weight excluding hydrogens is 275 g/mol. The van der Waals surface area contributed by atoms with Gasteiger partial charge in [-0.1, -0.05) is 11.6 Å². The topological polar surface area (TPSA) is 24.1 Å². The highest BCUT2D eigenvalue weighted by Crippen LogP contribution is 2.26. The van der Waals surface area contributed by atoms with Gasteiger partial charge in [-0.3, -0.25) is 0 Å². The lowest BCUT2D eigenvalue weighted by molar-refractivity contribution is 0.346. The summed E-state index contributed by atoms with van der Waals surface area (Å²) < 4.78 is 0.880. The fourth-order valence-corrected chi connectivity index (χ4v) is 3.18. The molecule has 1 aliphatic rings. The predicted octanol–water partition coefficient (Wildman–Crippen LogP) is 3.47. The van der Waals surface area contributed by atoms with Crippen LogP contribution < -0.4 is 10.6 Å². The Labute approximate surface area is 119 Å². The van der Waals surface area contributed by atoms with E-state index in [0.717, 1.165) is 16.8 Å². The molecule has 2 heterocycles. The standard InChI is InChI=1S/C12H19ClN2S.ClH/c1-9(11-2-3-12(13)16-11)15-8-10-4-6-14-7-5-10;/h2-3,9-10,14-15H,4-8H2,1H3;1H. The lowest BCUT2D eigenvalue weighted by Crippen LogP contribution is -2.34. The predicted molar refractivity (Wildman–Crippen MR) is 78.6 cm³/mol. The quantitative estimate of drug-likeness (QED) is 0.888. The van der Waals surface area contributed by atoms with Crippen molar-refractivity contribution in [2.24, 2.45) is 5.92 Å². The van der Waals surface area contributed by atoms with Gasteiger partial charge in [-0.05, 0) is 57.5 Å². The molecule has 2 nitrogen and oxygen atoms in total. The van der Waals surface area contributed by atoms with E-state index in [-0.39, 0.29) is 12.4 Å². The lowest BCUT2D eigenvalue weighted by Gasteiger charge is -2.24. The Hall–Kier alpha value is 0.200. The first kappa shape index (κ1) is 15.3. The van der Waals surface area contributed by atoms with E-state index < -0.39 is 0 Å². The molecule has 0 saturated carbocycles. The summed E-state index contributed by atoms with van der Waals surface area (Å²) in [5.41, 5.74) is 0. The fourth-order valence-electron chi connectivity index (χ4n) is 2.09. The summed E-state index contributed by atoms with van der Waals surface area (Å²) >= 11 is 7.61. The molecule has 98 valence electrons. The average molecular weight is 295 g/mol. The van der Waals surface area contributed by atoms with Crippen LogP contribution in [0.5, 0.6) is 0 Å². The Kier molecular flexibility index (Phi) is 6.82. The first-order valence-corrected chi connectivity index (χ1v) is 7.14. The van der Waals surface area contributed by atoms with Crippen molar-refractivity contribution < 1.29 is 0 Å². The third kappa shape index (κ3) is 4.76. The molecule has 1 aromatic rings. The van der Waals surface area contributed by atoms with Gasteiger partial charge in [0, 0.05) is 10.9 Å². The van der Waals surface area contributed by atoms with Crippen LogP contribution in [0.4, 0.5) is 0 Å². The molecule has 2 rings (SSSR count). The molecule has 2 N–H and O–H groups in total. The SMILES string of the molecule is CC(NCC1CCNCC1)c1ccc(Cl)s1.Cl. The van der Waals surface area contributed by atoms with E-state index in [0.29, 0.717) is 6.04 Å². The van der Waals surface area contributed by atoms with Gasteiger partial charge in [-0.2, -0.15) is 0 Å². The van der Waals surface area contributed by atoms with Crippen LogP contribution >= 0.6 is 35.3 Å². The van der Waals surface area contributed by atoms with Crippen LogP contribution in [0.2, 0.25) is 4.34 Å². The second-order valence-electron chi connectivity index (χ2n) is 4.47. The van der Waals surface area contributed by atoms with Gasteiger partial charge in [0.2, 0.25) is 0 Å².